The fourth-order valence-corrected chi connectivity index (χ4v) is 4.85. The van der Waals surface area contributed by atoms with Crippen molar-refractivity contribution in [2.75, 3.05) is 6.61 Å². The van der Waals surface area contributed by atoms with Gasteiger partial charge >= 0.3 is 12.1 Å². The number of carbonyl (C=O) groups is 2. The normalized spacial score (nSPS) is 12.7. The predicted octanol–water partition coefficient (Wildman–Crippen LogP) is 7.31. The molecule has 1 heterocycles. The van der Waals surface area contributed by atoms with Gasteiger partial charge in [0, 0.05) is 29.2 Å². The molecule has 0 saturated carbocycles. The van der Waals surface area contributed by atoms with Crippen molar-refractivity contribution in [2.45, 2.75) is 58.9 Å². The zero-order chi connectivity index (χ0) is 30.8. The molecule has 0 bridgehead atoms. The van der Waals surface area contributed by atoms with E-state index >= 15 is 0 Å². The van der Waals surface area contributed by atoms with Crippen molar-refractivity contribution in [3.63, 3.8) is 0 Å². The van der Waals surface area contributed by atoms with Crippen LogP contribution in [0.4, 0.5) is 13.2 Å². The number of halogens is 3. The molecule has 0 aliphatic carbocycles. The summed E-state index contributed by atoms with van der Waals surface area (Å²) in [5.74, 6) is -0.179. The van der Waals surface area contributed by atoms with Gasteiger partial charge < -0.3 is 19.4 Å². The van der Waals surface area contributed by atoms with E-state index in [4.69, 9.17) is 9.47 Å². The number of amides is 1. The average Bonchev–Trinajstić information content (AvgIpc) is 3.17. The Morgan fingerprint density at radius 3 is 2.21 bits per heavy atom. The van der Waals surface area contributed by atoms with Crippen LogP contribution in [0, 0.1) is 6.92 Å². The molecule has 0 unspecified atom stereocenters. The summed E-state index contributed by atoms with van der Waals surface area (Å²) < 4.78 is 51.7. The number of aryl methyl sites for hydroxylation is 1. The number of esters is 1. The van der Waals surface area contributed by atoms with Gasteiger partial charge in [-0.15, -0.1) is 0 Å². The summed E-state index contributed by atoms with van der Waals surface area (Å²) in [5.41, 5.74) is 3.33. The van der Waals surface area contributed by atoms with Gasteiger partial charge in [0.05, 0.1) is 18.2 Å². The van der Waals surface area contributed by atoms with Crippen LogP contribution in [0.3, 0.4) is 0 Å². The molecular weight excluding hydrogens is 545 g/mol. The van der Waals surface area contributed by atoms with Crippen LogP contribution in [0.1, 0.15) is 72.0 Å². The quantitative estimate of drug-likeness (QED) is 0.211. The maximum atomic E-state index is 13.1. The summed E-state index contributed by atoms with van der Waals surface area (Å²) >= 11 is 0. The van der Waals surface area contributed by atoms with E-state index in [9.17, 15) is 22.8 Å². The first-order valence-electron chi connectivity index (χ1n) is 13.7. The van der Waals surface area contributed by atoms with Gasteiger partial charge in [0.1, 0.15) is 5.75 Å². The smallest absolute Gasteiger partial charge is 0.416 e. The van der Waals surface area contributed by atoms with Crippen molar-refractivity contribution in [1.82, 2.24) is 9.88 Å². The third kappa shape index (κ3) is 6.61. The third-order valence-corrected chi connectivity index (χ3v) is 7.42. The van der Waals surface area contributed by atoms with Crippen LogP contribution in [-0.4, -0.2) is 28.7 Å². The molecule has 42 heavy (non-hydrogen) atoms. The van der Waals surface area contributed by atoms with Gasteiger partial charge in [-0.3, -0.25) is 4.79 Å². The molecule has 1 atom stereocenters. The number of ether oxygens (including phenoxy) is 2. The Morgan fingerprint density at radius 1 is 0.976 bits per heavy atom. The molecule has 0 radical (unpaired) electrons. The lowest BCUT2D eigenvalue weighted by Crippen LogP contribution is -2.39. The second kappa shape index (κ2) is 11.9. The molecule has 9 heteroatoms. The molecule has 4 rings (SSSR count). The Bertz CT molecular complexity index is 1590. The summed E-state index contributed by atoms with van der Waals surface area (Å²) in [6.07, 6.45) is -3.76. The maximum absolute atomic E-state index is 13.1. The van der Waals surface area contributed by atoms with E-state index in [0.29, 0.717) is 23.3 Å². The summed E-state index contributed by atoms with van der Waals surface area (Å²) in [7, 11) is 1.95. The summed E-state index contributed by atoms with van der Waals surface area (Å²) in [4.78, 5) is 25.2. The van der Waals surface area contributed by atoms with E-state index in [1.807, 2.05) is 54.9 Å². The van der Waals surface area contributed by atoms with Crippen LogP contribution in [0.5, 0.6) is 5.75 Å². The van der Waals surface area contributed by atoms with Gasteiger partial charge in [-0.2, -0.15) is 13.2 Å². The van der Waals surface area contributed by atoms with Crippen molar-refractivity contribution in [1.29, 1.82) is 0 Å². The molecule has 0 fully saturated rings. The van der Waals surface area contributed by atoms with Crippen LogP contribution < -0.4 is 10.1 Å². The molecule has 0 spiro atoms. The first kappa shape index (κ1) is 30.7. The molecular formula is C33H35F3N2O4. The molecule has 4 aromatic rings. The Kier molecular flexibility index (Phi) is 8.71. The van der Waals surface area contributed by atoms with Crippen LogP contribution in [0.15, 0.2) is 66.7 Å². The second-order valence-electron chi connectivity index (χ2n) is 10.8. The molecule has 3 aromatic carbocycles. The van der Waals surface area contributed by atoms with Crippen molar-refractivity contribution in [2.24, 2.45) is 7.05 Å². The molecule has 6 nitrogen and oxygen atoms in total. The first-order valence-corrected chi connectivity index (χ1v) is 13.7. The highest BCUT2D eigenvalue weighted by molar-refractivity contribution is 5.99. The van der Waals surface area contributed by atoms with Gasteiger partial charge in [-0.1, -0.05) is 30.3 Å². The molecule has 1 N–H and O–H groups in total. The van der Waals surface area contributed by atoms with Crippen molar-refractivity contribution < 1.29 is 32.2 Å². The maximum Gasteiger partial charge on any atom is 0.416 e. The number of nitrogens with zero attached hydrogens (tertiary/aromatic N) is 1. The Balaban J connectivity index is 1.49. The fraction of sp³-hybridized carbons (Fsp3) is 0.333. The van der Waals surface area contributed by atoms with Crippen molar-refractivity contribution >= 4 is 22.8 Å². The number of hydrogen-bond donors (Lipinski definition) is 1. The molecule has 1 aromatic heterocycles. The minimum absolute atomic E-state index is 0.281. The zero-order valence-electron chi connectivity index (χ0n) is 24.6. The number of carbonyl (C=O) groups excluding carboxylic acids is 2. The standard InChI is InChI=1S/C33H35F3N2O4/c1-7-41-31(40)32(4,5)42-26-15-8-22(9-16-26)18-28-21(3)38(6)29-19-24(12-17-27(28)29)30(39)37-20(2)23-10-13-25(14-11-23)33(34,35)36/h8-17,19-20H,7,18H2,1-6H3,(H,37,39)/t20-/m0/s1. The fourth-order valence-electron chi connectivity index (χ4n) is 4.85. The van der Waals surface area contributed by atoms with E-state index in [1.54, 1.807) is 33.8 Å². The topological polar surface area (TPSA) is 69.6 Å². The highest BCUT2D eigenvalue weighted by Crippen LogP contribution is 2.31. The van der Waals surface area contributed by atoms with E-state index in [2.05, 4.69) is 5.32 Å². The molecule has 0 aliphatic rings. The van der Waals surface area contributed by atoms with Crippen LogP contribution in [0.2, 0.25) is 0 Å². The predicted molar refractivity (Wildman–Crippen MR) is 156 cm³/mol. The summed E-state index contributed by atoms with van der Waals surface area (Å²) in [6.45, 7) is 9.13. The van der Waals surface area contributed by atoms with Crippen molar-refractivity contribution in [3.8, 4) is 5.75 Å². The monoisotopic (exact) mass is 580 g/mol. The van der Waals surface area contributed by atoms with E-state index in [0.717, 1.165) is 39.9 Å². The number of fused-ring (bicyclic) bond motifs is 1. The Hall–Kier alpha value is -4.27. The Morgan fingerprint density at radius 2 is 1.62 bits per heavy atom. The zero-order valence-corrected chi connectivity index (χ0v) is 24.6. The van der Waals surface area contributed by atoms with E-state index in [1.165, 1.54) is 12.1 Å². The van der Waals surface area contributed by atoms with Gasteiger partial charge in [-0.25, -0.2) is 4.79 Å². The van der Waals surface area contributed by atoms with E-state index in [-0.39, 0.29) is 12.5 Å². The van der Waals surface area contributed by atoms with Crippen LogP contribution in [-0.2, 0) is 29.2 Å². The average molecular weight is 581 g/mol. The van der Waals surface area contributed by atoms with Crippen molar-refractivity contribution in [3.05, 3.63) is 100 Å². The van der Waals surface area contributed by atoms with Gasteiger partial charge in [0.25, 0.3) is 5.91 Å². The summed E-state index contributed by atoms with van der Waals surface area (Å²) in [5, 5.41) is 3.90. The number of nitrogens with one attached hydrogen (secondary N) is 1. The third-order valence-electron chi connectivity index (χ3n) is 7.42. The molecule has 1 amide bonds. The number of rotatable bonds is 9. The second-order valence-corrected chi connectivity index (χ2v) is 10.8. The number of aromatic nitrogens is 1. The molecule has 0 aliphatic heterocycles. The number of hydrogen-bond acceptors (Lipinski definition) is 4. The Labute approximate surface area is 243 Å². The van der Waals surface area contributed by atoms with Gasteiger partial charge in [0.2, 0.25) is 0 Å². The van der Waals surface area contributed by atoms with Crippen LogP contribution in [0.25, 0.3) is 10.9 Å². The van der Waals surface area contributed by atoms with Crippen LogP contribution >= 0.6 is 0 Å². The molecule has 0 saturated heterocycles. The SMILES string of the molecule is CCOC(=O)C(C)(C)Oc1ccc(Cc2c(C)n(C)c3cc(C(=O)N[C@@H](C)c4ccc(C(F)(F)F)cc4)ccc23)cc1. The lowest BCUT2D eigenvalue weighted by molar-refractivity contribution is -0.158. The van der Waals surface area contributed by atoms with Gasteiger partial charge in [0.15, 0.2) is 5.60 Å². The highest BCUT2D eigenvalue weighted by Gasteiger charge is 2.32. The highest BCUT2D eigenvalue weighted by atomic mass is 19.4. The largest absolute Gasteiger partial charge is 0.476 e. The summed E-state index contributed by atoms with van der Waals surface area (Å²) in [6, 6.07) is 17.4. The van der Waals surface area contributed by atoms with Gasteiger partial charge in [-0.05, 0) is 94.1 Å². The lowest BCUT2D eigenvalue weighted by Gasteiger charge is -2.24. The number of alkyl halides is 3. The minimum Gasteiger partial charge on any atom is -0.476 e. The minimum atomic E-state index is -4.41. The lowest BCUT2D eigenvalue weighted by atomic mass is 10.0. The first-order chi connectivity index (χ1) is 19.7. The molecule has 222 valence electrons. The van der Waals surface area contributed by atoms with E-state index < -0.39 is 29.4 Å². The number of benzene rings is 3.